The van der Waals surface area contributed by atoms with Crippen LogP contribution in [0, 0.1) is 12.7 Å². The molecule has 2 aromatic carbocycles. The summed E-state index contributed by atoms with van der Waals surface area (Å²) in [4.78, 5) is 14.4. The molecule has 4 heteroatoms. The number of benzene rings is 2. The zero-order valence-electron chi connectivity index (χ0n) is 12.1. The molecule has 0 radical (unpaired) electrons. The van der Waals surface area contributed by atoms with Gasteiger partial charge in [0.05, 0.1) is 0 Å². The number of hydrogen-bond donors (Lipinski definition) is 0. The Kier molecular flexibility index (Phi) is 5.12. The highest BCUT2D eigenvalue weighted by Gasteiger charge is 2.17. The van der Waals surface area contributed by atoms with Gasteiger partial charge in [0, 0.05) is 23.1 Å². The van der Waals surface area contributed by atoms with Gasteiger partial charge in [0.15, 0.2) is 0 Å². The first-order valence-corrected chi connectivity index (χ1v) is 7.61. The maximum atomic E-state index is 13.3. The van der Waals surface area contributed by atoms with Gasteiger partial charge in [0.1, 0.15) is 5.82 Å². The Labute approximate surface area is 132 Å². The molecule has 0 saturated carbocycles. The fraction of sp³-hybridized carbons (Fsp3) is 0.235. The van der Waals surface area contributed by atoms with Crippen molar-refractivity contribution in [3.8, 4) is 0 Å². The monoisotopic (exact) mass is 349 g/mol. The smallest absolute Gasteiger partial charge is 0.254 e. The highest BCUT2D eigenvalue weighted by molar-refractivity contribution is 9.10. The molecule has 0 heterocycles. The fourth-order valence-electron chi connectivity index (χ4n) is 2.19. The fourth-order valence-corrected chi connectivity index (χ4v) is 2.56. The molecule has 0 spiro atoms. The number of carbonyl (C=O) groups is 1. The van der Waals surface area contributed by atoms with E-state index in [1.54, 1.807) is 11.0 Å². The van der Waals surface area contributed by atoms with Crippen molar-refractivity contribution < 1.29 is 9.18 Å². The lowest BCUT2D eigenvalue weighted by atomic mass is 10.1. The minimum atomic E-state index is -0.283. The van der Waals surface area contributed by atoms with Crippen molar-refractivity contribution in [3.05, 3.63) is 69.4 Å². The van der Waals surface area contributed by atoms with Crippen LogP contribution in [-0.4, -0.2) is 17.4 Å². The number of rotatable bonds is 4. The molecule has 0 saturated heterocycles. The van der Waals surface area contributed by atoms with Gasteiger partial charge < -0.3 is 4.90 Å². The molecule has 2 nitrogen and oxygen atoms in total. The summed E-state index contributed by atoms with van der Waals surface area (Å²) in [5.74, 6) is -0.324. The van der Waals surface area contributed by atoms with E-state index in [4.69, 9.17) is 0 Å². The zero-order valence-corrected chi connectivity index (χ0v) is 13.7. The first kappa shape index (κ1) is 15.7. The van der Waals surface area contributed by atoms with Crippen molar-refractivity contribution in [2.75, 3.05) is 6.54 Å². The molecule has 0 aliphatic heterocycles. The van der Waals surface area contributed by atoms with Gasteiger partial charge in [-0.05, 0) is 49.2 Å². The maximum Gasteiger partial charge on any atom is 0.254 e. The first-order chi connectivity index (χ1) is 10.0. The SMILES string of the molecule is CCN(Cc1cccc(F)c1)C(=O)c1cccc(Br)c1C. The lowest BCUT2D eigenvalue weighted by molar-refractivity contribution is 0.0751. The van der Waals surface area contributed by atoms with Gasteiger partial charge in [0.25, 0.3) is 5.91 Å². The molecule has 0 fully saturated rings. The van der Waals surface area contributed by atoms with Crippen molar-refractivity contribution in [1.82, 2.24) is 4.90 Å². The zero-order chi connectivity index (χ0) is 15.4. The van der Waals surface area contributed by atoms with Crippen LogP contribution in [0.3, 0.4) is 0 Å². The third-order valence-corrected chi connectivity index (χ3v) is 4.29. The van der Waals surface area contributed by atoms with Crippen molar-refractivity contribution in [3.63, 3.8) is 0 Å². The predicted octanol–water partition coefficient (Wildman–Crippen LogP) is 4.56. The van der Waals surface area contributed by atoms with Gasteiger partial charge >= 0.3 is 0 Å². The second-order valence-electron chi connectivity index (χ2n) is 4.86. The van der Waals surface area contributed by atoms with Crippen LogP contribution in [0.2, 0.25) is 0 Å². The molecule has 0 aliphatic carbocycles. The number of carbonyl (C=O) groups excluding carboxylic acids is 1. The van der Waals surface area contributed by atoms with Gasteiger partial charge in [-0.15, -0.1) is 0 Å². The lowest BCUT2D eigenvalue weighted by Crippen LogP contribution is -2.30. The van der Waals surface area contributed by atoms with E-state index in [-0.39, 0.29) is 11.7 Å². The molecule has 0 aromatic heterocycles. The minimum Gasteiger partial charge on any atom is -0.335 e. The van der Waals surface area contributed by atoms with Crippen LogP contribution < -0.4 is 0 Å². The van der Waals surface area contributed by atoms with Crippen molar-refractivity contribution in [1.29, 1.82) is 0 Å². The molecule has 0 N–H and O–H groups in total. The number of halogens is 2. The Morgan fingerprint density at radius 2 is 1.95 bits per heavy atom. The normalized spacial score (nSPS) is 10.5. The Morgan fingerprint density at radius 3 is 2.62 bits per heavy atom. The van der Waals surface area contributed by atoms with Crippen LogP contribution in [-0.2, 0) is 6.54 Å². The van der Waals surface area contributed by atoms with Crippen LogP contribution in [0.5, 0.6) is 0 Å². The molecular formula is C17H17BrFNO. The van der Waals surface area contributed by atoms with E-state index in [1.165, 1.54) is 12.1 Å². The Bertz CT molecular complexity index is 657. The van der Waals surface area contributed by atoms with Gasteiger partial charge in [-0.25, -0.2) is 4.39 Å². The van der Waals surface area contributed by atoms with E-state index < -0.39 is 0 Å². The molecular weight excluding hydrogens is 333 g/mol. The summed E-state index contributed by atoms with van der Waals surface area (Å²) in [7, 11) is 0. The summed E-state index contributed by atoms with van der Waals surface area (Å²) >= 11 is 3.44. The van der Waals surface area contributed by atoms with E-state index in [2.05, 4.69) is 15.9 Å². The van der Waals surface area contributed by atoms with E-state index >= 15 is 0 Å². The summed E-state index contributed by atoms with van der Waals surface area (Å²) in [6.45, 7) is 4.80. The summed E-state index contributed by atoms with van der Waals surface area (Å²) in [5, 5.41) is 0. The standard InChI is InChI=1S/C17H17BrFNO/c1-3-20(11-13-6-4-7-14(19)10-13)17(21)15-8-5-9-16(18)12(15)2/h4-10H,3,11H2,1-2H3. The van der Waals surface area contributed by atoms with E-state index in [0.29, 0.717) is 18.7 Å². The lowest BCUT2D eigenvalue weighted by Gasteiger charge is -2.22. The number of hydrogen-bond acceptors (Lipinski definition) is 1. The van der Waals surface area contributed by atoms with Gasteiger partial charge in [0.2, 0.25) is 0 Å². The number of nitrogens with zero attached hydrogens (tertiary/aromatic N) is 1. The minimum absolute atomic E-state index is 0.0411. The van der Waals surface area contributed by atoms with Crippen LogP contribution in [0.15, 0.2) is 46.9 Å². The third-order valence-electron chi connectivity index (χ3n) is 3.43. The molecule has 110 valence electrons. The Morgan fingerprint density at radius 1 is 1.24 bits per heavy atom. The largest absolute Gasteiger partial charge is 0.335 e. The molecule has 2 aromatic rings. The predicted molar refractivity (Wildman–Crippen MR) is 85.7 cm³/mol. The highest BCUT2D eigenvalue weighted by atomic mass is 79.9. The number of amides is 1. The van der Waals surface area contributed by atoms with Crippen molar-refractivity contribution >= 4 is 21.8 Å². The Balaban J connectivity index is 2.25. The van der Waals surface area contributed by atoms with E-state index in [0.717, 1.165) is 15.6 Å². The second kappa shape index (κ2) is 6.85. The van der Waals surface area contributed by atoms with E-state index in [9.17, 15) is 9.18 Å². The van der Waals surface area contributed by atoms with Crippen LogP contribution in [0.1, 0.15) is 28.4 Å². The van der Waals surface area contributed by atoms with Gasteiger partial charge in [-0.1, -0.05) is 34.1 Å². The quantitative estimate of drug-likeness (QED) is 0.792. The first-order valence-electron chi connectivity index (χ1n) is 6.81. The molecule has 0 bridgehead atoms. The summed E-state index contributed by atoms with van der Waals surface area (Å²) < 4.78 is 14.2. The summed E-state index contributed by atoms with van der Waals surface area (Å²) in [5.41, 5.74) is 2.38. The van der Waals surface area contributed by atoms with Crippen LogP contribution in [0.25, 0.3) is 0 Å². The van der Waals surface area contributed by atoms with Gasteiger partial charge in [-0.2, -0.15) is 0 Å². The molecule has 21 heavy (non-hydrogen) atoms. The molecule has 0 unspecified atom stereocenters. The molecule has 0 aliphatic rings. The van der Waals surface area contributed by atoms with Crippen LogP contribution >= 0.6 is 15.9 Å². The Hall–Kier alpha value is -1.68. The molecule has 2 rings (SSSR count). The average molecular weight is 350 g/mol. The molecule has 1 amide bonds. The van der Waals surface area contributed by atoms with Crippen LogP contribution in [0.4, 0.5) is 4.39 Å². The summed E-state index contributed by atoms with van der Waals surface area (Å²) in [6, 6.07) is 11.9. The van der Waals surface area contributed by atoms with Gasteiger partial charge in [-0.3, -0.25) is 4.79 Å². The van der Waals surface area contributed by atoms with E-state index in [1.807, 2.05) is 38.1 Å². The van der Waals surface area contributed by atoms with Crippen molar-refractivity contribution in [2.45, 2.75) is 20.4 Å². The molecule has 0 atom stereocenters. The maximum absolute atomic E-state index is 13.3. The highest BCUT2D eigenvalue weighted by Crippen LogP contribution is 2.21. The third kappa shape index (κ3) is 3.70. The van der Waals surface area contributed by atoms with Crippen molar-refractivity contribution in [2.24, 2.45) is 0 Å². The second-order valence-corrected chi connectivity index (χ2v) is 5.72. The topological polar surface area (TPSA) is 20.3 Å². The average Bonchev–Trinajstić information content (AvgIpc) is 2.47. The summed E-state index contributed by atoms with van der Waals surface area (Å²) in [6.07, 6.45) is 0.